The maximum atomic E-state index is 13.3. The van der Waals surface area contributed by atoms with Gasteiger partial charge in [-0.15, -0.1) is 0 Å². The second-order valence-electron chi connectivity index (χ2n) is 8.64. The van der Waals surface area contributed by atoms with E-state index in [1.807, 2.05) is 0 Å². The zero-order valence-electron chi connectivity index (χ0n) is 19.8. The normalized spacial score (nSPS) is 14.3. The third-order valence-corrected chi connectivity index (χ3v) is 7.92. The average molecular weight is 511 g/mol. The van der Waals surface area contributed by atoms with Gasteiger partial charge < -0.3 is 10.1 Å². The third kappa shape index (κ3) is 5.63. The Kier molecular flexibility index (Phi) is 7.51. The molecule has 0 radical (unpaired) electrons. The Labute approximate surface area is 209 Å². The number of hydrogen-bond acceptors (Lipinski definition) is 5. The first-order valence-electron chi connectivity index (χ1n) is 11.6. The largest absolute Gasteiger partial charge is 0.465 e. The van der Waals surface area contributed by atoms with Crippen molar-refractivity contribution in [2.24, 2.45) is 0 Å². The zero-order chi connectivity index (χ0) is 25.8. The van der Waals surface area contributed by atoms with Gasteiger partial charge in [0.2, 0.25) is 15.9 Å². The van der Waals surface area contributed by atoms with Crippen molar-refractivity contribution < 1.29 is 27.1 Å². The Hall–Kier alpha value is -3.56. The fourth-order valence-electron chi connectivity index (χ4n) is 4.00. The number of carbonyl (C=O) groups is 2. The molecule has 0 atom stereocenters. The van der Waals surface area contributed by atoms with E-state index in [4.69, 9.17) is 4.74 Å². The van der Waals surface area contributed by atoms with Gasteiger partial charge in [-0.25, -0.2) is 12.8 Å². The predicted molar refractivity (Wildman–Crippen MR) is 133 cm³/mol. The highest BCUT2D eigenvalue weighted by molar-refractivity contribution is 7.89. The fourth-order valence-corrected chi connectivity index (χ4v) is 5.40. The number of nitrogens with one attached hydrogen (secondary N) is 1. The summed E-state index contributed by atoms with van der Waals surface area (Å²) >= 11 is 0. The lowest BCUT2D eigenvalue weighted by Crippen LogP contribution is -2.37. The Morgan fingerprint density at radius 2 is 1.61 bits per heavy atom. The lowest BCUT2D eigenvalue weighted by Gasteiger charge is -2.22. The molecular formula is C27H27FN2O5S. The summed E-state index contributed by atoms with van der Waals surface area (Å²) < 4.78 is 46.2. The first-order chi connectivity index (χ1) is 17.2. The summed E-state index contributed by atoms with van der Waals surface area (Å²) in [4.78, 5) is 25.3. The van der Waals surface area contributed by atoms with Crippen LogP contribution in [0.3, 0.4) is 0 Å². The van der Waals surface area contributed by atoms with Crippen molar-refractivity contribution in [3.8, 4) is 0 Å². The van der Waals surface area contributed by atoms with Crippen LogP contribution in [0.5, 0.6) is 0 Å². The van der Waals surface area contributed by atoms with Gasteiger partial charge in [-0.1, -0.05) is 42.5 Å². The summed E-state index contributed by atoms with van der Waals surface area (Å²) in [6, 6.07) is 20.2. The Morgan fingerprint density at radius 3 is 2.19 bits per heavy atom. The highest BCUT2D eigenvalue weighted by atomic mass is 32.2. The molecule has 3 aromatic carbocycles. The number of rotatable bonds is 10. The number of halogens is 1. The second kappa shape index (κ2) is 10.6. The molecule has 1 amide bonds. The minimum atomic E-state index is -4.00. The van der Waals surface area contributed by atoms with E-state index in [2.05, 4.69) is 5.32 Å². The number of sulfonamides is 1. The molecule has 188 valence electrons. The molecule has 4 rings (SSSR count). The Balaban J connectivity index is 1.50. The van der Waals surface area contributed by atoms with Gasteiger partial charge in [-0.05, 0) is 67.3 Å². The summed E-state index contributed by atoms with van der Waals surface area (Å²) in [5, 5.41) is 2.72. The summed E-state index contributed by atoms with van der Waals surface area (Å²) in [5.74, 6) is -1.21. The quantitative estimate of drug-likeness (QED) is 0.412. The lowest BCUT2D eigenvalue weighted by atomic mass is 9.96. The topological polar surface area (TPSA) is 92.8 Å². The average Bonchev–Trinajstić information content (AvgIpc) is 3.68. The molecule has 0 bridgehead atoms. The van der Waals surface area contributed by atoms with Crippen LogP contribution in [0, 0.1) is 5.82 Å². The van der Waals surface area contributed by atoms with Crippen LogP contribution in [0.25, 0.3) is 0 Å². The van der Waals surface area contributed by atoms with Gasteiger partial charge in [0.05, 0.1) is 23.5 Å². The molecular weight excluding hydrogens is 483 g/mol. The van der Waals surface area contributed by atoms with E-state index in [-0.39, 0.29) is 17.4 Å². The molecule has 0 heterocycles. The fraction of sp³-hybridized carbons (Fsp3) is 0.259. The van der Waals surface area contributed by atoms with E-state index in [1.165, 1.54) is 36.4 Å². The molecule has 0 aliphatic heterocycles. The van der Waals surface area contributed by atoms with Crippen LogP contribution in [-0.4, -0.2) is 37.8 Å². The van der Waals surface area contributed by atoms with Crippen molar-refractivity contribution in [1.29, 1.82) is 0 Å². The van der Waals surface area contributed by atoms with Crippen LogP contribution < -0.4 is 5.32 Å². The Bertz CT molecular complexity index is 1320. The summed E-state index contributed by atoms with van der Waals surface area (Å²) in [6.45, 7) is 1.54. The maximum Gasteiger partial charge on any atom is 0.316 e. The first kappa shape index (κ1) is 25.5. The van der Waals surface area contributed by atoms with E-state index >= 15 is 0 Å². The number of ether oxygens (including phenoxy) is 1. The van der Waals surface area contributed by atoms with Gasteiger partial charge in [0.25, 0.3) is 0 Å². The van der Waals surface area contributed by atoms with Crippen molar-refractivity contribution in [3.63, 3.8) is 0 Å². The van der Waals surface area contributed by atoms with Crippen LogP contribution in [0.4, 0.5) is 10.1 Å². The van der Waals surface area contributed by atoms with E-state index in [9.17, 15) is 22.4 Å². The summed E-state index contributed by atoms with van der Waals surface area (Å²) in [5.41, 5.74) is 1.22. The first-order valence-corrected chi connectivity index (χ1v) is 13.1. The zero-order valence-corrected chi connectivity index (χ0v) is 20.6. The number of benzene rings is 3. The third-order valence-electron chi connectivity index (χ3n) is 6.11. The van der Waals surface area contributed by atoms with E-state index in [0.29, 0.717) is 30.7 Å². The minimum Gasteiger partial charge on any atom is -0.465 e. The van der Waals surface area contributed by atoms with Crippen molar-refractivity contribution in [1.82, 2.24) is 4.31 Å². The molecule has 0 aromatic heterocycles. The van der Waals surface area contributed by atoms with Crippen LogP contribution in [-0.2, 0) is 36.3 Å². The van der Waals surface area contributed by atoms with Crippen molar-refractivity contribution >= 4 is 27.6 Å². The van der Waals surface area contributed by atoms with Gasteiger partial charge in [0, 0.05) is 12.2 Å². The minimum absolute atomic E-state index is 0.0537. The Morgan fingerprint density at radius 1 is 0.972 bits per heavy atom. The summed E-state index contributed by atoms with van der Waals surface area (Å²) in [7, 11) is -4.00. The molecule has 36 heavy (non-hydrogen) atoms. The molecule has 1 N–H and O–H groups in total. The monoisotopic (exact) mass is 510 g/mol. The number of anilines is 1. The van der Waals surface area contributed by atoms with Crippen molar-refractivity contribution in [2.75, 3.05) is 18.5 Å². The molecule has 1 fully saturated rings. The highest BCUT2D eigenvalue weighted by Crippen LogP contribution is 2.49. The van der Waals surface area contributed by atoms with Gasteiger partial charge in [0.15, 0.2) is 0 Å². The van der Waals surface area contributed by atoms with Gasteiger partial charge in [0.1, 0.15) is 5.82 Å². The van der Waals surface area contributed by atoms with Gasteiger partial charge >= 0.3 is 5.97 Å². The van der Waals surface area contributed by atoms with Gasteiger partial charge in [-0.2, -0.15) is 4.31 Å². The number of esters is 1. The highest BCUT2D eigenvalue weighted by Gasteiger charge is 2.52. The van der Waals surface area contributed by atoms with Crippen LogP contribution >= 0.6 is 0 Å². The summed E-state index contributed by atoms with van der Waals surface area (Å²) in [6.07, 6.45) is 1.43. The van der Waals surface area contributed by atoms with E-state index in [1.54, 1.807) is 49.4 Å². The molecule has 0 unspecified atom stereocenters. The lowest BCUT2D eigenvalue weighted by molar-refractivity contribution is -0.146. The van der Waals surface area contributed by atoms with Gasteiger partial charge in [-0.3, -0.25) is 9.59 Å². The molecule has 0 spiro atoms. The van der Waals surface area contributed by atoms with E-state index < -0.39 is 33.7 Å². The standard InChI is InChI=1S/C27H27FN2O5S/c1-2-35-26(32)27(16-17-27)21-10-14-23(15-11-21)29-25(31)19-30(18-20-8-12-22(28)13-9-20)36(33,34)24-6-4-3-5-7-24/h3-15H,2,16-19H2,1H3,(H,29,31). The predicted octanol–water partition coefficient (Wildman–Crippen LogP) is 4.25. The van der Waals surface area contributed by atoms with Crippen LogP contribution in [0.2, 0.25) is 0 Å². The maximum absolute atomic E-state index is 13.3. The van der Waals surface area contributed by atoms with Crippen LogP contribution in [0.15, 0.2) is 83.8 Å². The molecule has 7 nitrogen and oxygen atoms in total. The molecule has 1 aliphatic rings. The van der Waals surface area contributed by atoms with Crippen molar-refractivity contribution in [2.45, 2.75) is 36.6 Å². The molecule has 0 saturated heterocycles. The van der Waals surface area contributed by atoms with Crippen molar-refractivity contribution in [3.05, 3.63) is 95.8 Å². The smallest absolute Gasteiger partial charge is 0.316 e. The second-order valence-corrected chi connectivity index (χ2v) is 10.6. The molecule has 3 aromatic rings. The number of nitrogens with zero attached hydrogens (tertiary/aromatic N) is 1. The number of hydrogen-bond donors (Lipinski definition) is 1. The molecule has 1 saturated carbocycles. The number of amides is 1. The molecule has 9 heteroatoms. The molecule has 1 aliphatic carbocycles. The number of carbonyl (C=O) groups excluding carboxylic acids is 2. The SMILES string of the molecule is CCOC(=O)C1(c2ccc(NC(=O)CN(Cc3ccc(F)cc3)S(=O)(=O)c3ccccc3)cc2)CC1. The van der Waals surface area contributed by atoms with E-state index in [0.717, 1.165) is 9.87 Å². The van der Waals surface area contributed by atoms with Crippen LogP contribution in [0.1, 0.15) is 30.9 Å².